The molecule has 16 nitrogen and oxygen atoms in total. The first-order valence-corrected chi connectivity index (χ1v) is 23.1. The summed E-state index contributed by atoms with van der Waals surface area (Å²) < 4.78 is 61.3. The number of hydrogen-bond acceptors (Lipinski definition) is 14. The summed E-state index contributed by atoms with van der Waals surface area (Å²) in [7, 11) is 0. The number of halogens is 5. The summed E-state index contributed by atoms with van der Waals surface area (Å²) in [4.78, 5) is 38.4. The van der Waals surface area contributed by atoms with Crippen molar-refractivity contribution in [1.82, 2.24) is 40.2 Å². The molecule has 4 aromatic heterocycles. The zero-order valence-corrected chi connectivity index (χ0v) is 40.3. The molecular weight excluding hydrogens is 1010 g/mol. The van der Waals surface area contributed by atoms with E-state index in [0.29, 0.717) is 41.8 Å². The standard InChI is InChI=1S/C24H26F2N6O2.C13H19N3O.C11H8F2IN3O/c1-17(33)31-10-12-32(13-11-31)20-5-2-18(3-6-20)14-28-22-8-9-23(30-29-22)34-16-19-4-7-21(24(25)26)27-15-19;1-11(17)15-6-8-16(9-7-15)13-4-2-12(10-14)3-5-13;12-11(13)8-2-1-7(5-15-8)6-18-10-4-3-9(14)16-17-10/h2-9,15,24H,10-14,16H2,1H3,(H,28,29);2-5H,6-10,14H2,1H3;1-5,11H,6H2. The quantitative estimate of drug-likeness (QED) is 0.0810. The molecule has 69 heavy (non-hydrogen) atoms. The smallest absolute Gasteiger partial charge is 0.280 e. The average Bonchev–Trinajstić information content (AvgIpc) is 3.38. The summed E-state index contributed by atoms with van der Waals surface area (Å²) in [6.45, 7) is 11.4. The van der Waals surface area contributed by atoms with Crippen LogP contribution in [0.2, 0.25) is 0 Å². The number of carbonyl (C=O) groups is 2. The van der Waals surface area contributed by atoms with Gasteiger partial charge in [-0.1, -0.05) is 36.4 Å². The van der Waals surface area contributed by atoms with Gasteiger partial charge in [0.1, 0.15) is 34.1 Å². The minimum Gasteiger partial charge on any atom is -0.472 e. The first kappa shape index (κ1) is 51.6. The monoisotopic (exact) mass is 1060 g/mol. The van der Waals surface area contributed by atoms with Gasteiger partial charge in [0.25, 0.3) is 12.9 Å². The lowest BCUT2D eigenvalue weighted by molar-refractivity contribution is -0.129. The fourth-order valence-electron chi connectivity index (χ4n) is 6.91. The van der Waals surface area contributed by atoms with Crippen molar-refractivity contribution in [2.75, 3.05) is 67.5 Å². The van der Waals surface area contributed by atoms with Crippen molar-refractivity contribution < 1.29 is 36.6 Å². The summed E-state index contributed by atoms with van der Waals surface area (Å²) in [5.74, 6) is 1.62. The van der Waals surface area contributed by atoms with Crippen molar-refractivity contribution >= 4 is 51.6 Å². The Hall–Kier alpha value is -6.75. The van der Waals surface area contributed by atoms with E-state index in [2.05, 4.69) is 94.0 Å². The third kappa shape index (κ3) is 16.5. The maximum atomic E-state index is 12.6. The van der Waals surface area contributed by atoms with Crippen LogP contribution in [0.15, 0.2) is 109 Å². The molecule has 2 aliphatic rings. The number of anilines is 3. The molecule has 0 bridgehead atoms. The molecular formula is C48H53F4IN12O4. The van der Waals surface area contributed by atoms with Crippen molar-refractivity contribution in [1.29, 1.82) is 0 Å². The van der Waals surface area contributed by atoms with Crippen molar-refractivity contribution in [3.05, 3.63) is 147 Å². The second kappa shape index (κ2) is 26.1. The Morgan fingerprint density at radius 1 is 0.580 bits per heavy atom. The Morgan fingerprint density at radius 2 is 1.01 bits per heavy atom. The first-order chi connectivity index (χ1) is 33.3. The summed E-state index contributed by atoms with van der Waals surface area (Å²) in [6, 6.07) is 29.2. The van der Waals surface area contributed by atoms with E-state index in [-0.39, 0.29) is 36.4 Å². The second-order valence-electron chi connectivity index (χ2n) is 15.7. The highest BCUT2D eigenvalue weighted by Gasteiger charge is 2.20. The van der Waals surface area contributed by atoms with Gasteiger partial charge >= 0.3 is 0 Å². The predicted molar refractivity (Wildman–Crippen MR) is 261 cm³/mol. The lowest BCUT2D eigenvalue weighted by Gasteiger charge is -2.35. The number of hydrogen-bond donors (Lipinski definition) is 2. The fraction of sp³-hybridized carbons (Fsp3) is 0.333. The van der Waals surface area contributed by atoms with Crippen LogP contribution in [0.3, 0.4) is 0 Å². The molecule has 0 spiro atoms. The summed E-state index contributed by atoms with van der Waals surface area (Å²) in [6.07, 6.45) is -2.42. The number of rotatable bonds is 14. The number of pyridine rings is 2. The molecule has 2 saturated heterocycles. The Labute approximate surface area is 411 Å². The van der Waals surface area contributed by atoms with Gasteiger partial charge < -0.3 is 40.1 Å². The normalized spacial score (nSPS) is 13.5. The van der Waals surface area contributed by atoms with Crippen LogP contribution < -0.4 is 30.3 Å². The van der Waals surface area contributed by atoms with Gasteiger partial charge in [-0.3, -0.25) is 19.6 Å². The number of nitrogens with zero attached hydrogens (tertiary/aromatic N) is 10. The highest BCUT2D eigenvalue weighted by atomic mass is 127. The molecule has 0 aliphatic carbocycles. The second-order valence-corrected chi connectivity index (χ2v) is 16.8. The number of alkyl halides is 4. The summed E-state index contributed by atoms with van der Waals surface area (Å²) in [5.41, 5.74) is 11.0. The number of amides is 2. The van der Waals surface area contributed by atoms with Crippen LogP contribution in [0.4, 0.5) is 34.8 Å². The van der Waals surface area contributed by atoms with Crippen LogP contribution in [0, 0.1) is 3.70 Å². The molecule has 364 valence electrons. The summed E-state index contributed by atoms with van der Waals surface area (Å²) in [5, 5.41) is 19.0. The number of nitrogens with two attached hydrogens (primary N) is 1. The Balaban J connectivity index is 0.000000188. The Morgan fingerprint density at radius 3 is 1.38 bits per heavy atom. The van der Waals surface area contributed by atoms with Crippen LogP contribution in [-0.2, 0) is 35.9 Å². The zero-order valence-electron chi connectivity index (χ0n) is 38.1. The van der Waals surface area contributed by atoms with Crippen LogP contribution in [0.5, 0.6) is 11.8 Å². The Kier molecular flexibility index (Phi) is 19.6. The van der Waals surface area contributed by atoms with Crippen molar-refractivity contribution in [3.8, 4) is 11.8 Å². The largest absolute Gasteiger partial charge is 0.472 e. The van der Waals surface area contributed by atoms with Crippen LogP contribution in [0.25, 0.3) is 0 Å². The lowest BCUT2D eigenvalue weighted by Crippen LogP contribution is -2.48. The SMILES string of the molecule is CC(=O)N1CCN(c2ccc(CN)cc2)CC1.CC(=O)N1CCN(c2ccc(CNc3ccc(OCc4ccc(C(F)F)nc4)nn3)cc2)CC1.FC(F)c1ccc(COc2ccc(I)nn2)cn1. The van der Waals surface area contributed by atoms with Crippen molar-refractivity contribution in [3.63, 3.8) is 0 Å². The van der Waals surface area contributed by atoms with Gasteiger partial charge in [-0.25, -0.2) is 17.6 Å². The molecule has 2 amide bonds. The number of ether oxygens (including phenoxy) is 2. The maximum Gasteiger partial charge on any atom is 0.280 e. The molecule has 0 radical (unpaired) electrons. The van der Waals surface area contributed by atoms with E-state index in [9.17, 15) is 27.2 Å². The van der Waals surface area contributed by atoms with Crippen LogP contribution in [-0.4, -0.2) is 104 Å². The number of carbonyl (C=O) groups excluding carboxylic acids is 2. The first-order valence-electron chi connectivity index (χ1n) is 22.0. The maximum absolute atomic E-state index is 12.6. The molecule has 3 N–H and O–H groups in total. The van der Waals surface area contributed by atoms with Gasteiger partial charge in [0.05, 0.1) is 0 Å². The Bertz CT molecular complexity index is 2480. The van der Waals surface area contributed by atoms with Crippen molar-refractivity contribution in [2.45, 2.75) is 53.0 Å². The molecule has 6 heterocycles. The van der Waals surface area contributed by atoms with E-state index in [1.54, 1.807) is 50.2 Å². The molecule has 0 atom stereocenters. The zero-order chi connectivity index (χ0) is 49.1. The molecule has 21 heteroatoms. The average molecular weight is 1060 g/mol. The fourth-order valence-corrected chi connectivity index (χ4v) is 7.19. The number of nitrogens with one attached hydrogen (secondary N) is 1. The van der Waals surface area contributed by atoms with E-state index in [4.69, 9.17) is 15.2 Å². The lowest BCUT2D eigenvalue weighted by atomic mass is 10.1. The van der Waals surface area contributed by atoms with E-state index >= 15 is 0 Å². The molecule has 8 rings (SSSR count). The van der Waals surface area contributed by atoms with E-state index < -0.39 is 12.9 Å². The number of aromatic nitrogens is 6. The number of piperazine rings is 2. The van der Waals surface area contributed by atoms with Crippen LogP contribution >= 0.6 is 22.6 Å². The van der Waals surface area contributed by atoms with Gasteiger partial charge in [-0.05, 0) is 82.2 Å². The molecule has 0 saturated carbocycles. The third-order valence-corrected chi connectivity index (χ3v) is 11.5. The van der Waals surface area contributed by atoms with E-state index in [1.807, 2.05) is 32.4 Å². The molecule has 2 aromatic carbocycles. The van der Waals surface area contributed by atoms with Crippen LogP contribution in [0.1, 0.15) is 60.3 Å². The van der Waals surface area contributed by atoms with E-state index in [1.165, 1.54) is 30.2 Å². The molecule has 0 unspecified atom stereocenters. The van der Waals surface area contributed by atoms with Gasteiger partial charge in [0.2, 0.25) is 23.6 Å². The van der Waals surface area contributed by atoms with Gasteiger partial charge in [0, 0.05) is 126 Å². The third-order valence-electron chi connectivity index (χ3n) is 10.9. The minimum absolute atomic E-state index is 0.128. The molecule has 6 aromatic rings. The molecule has 2 aliphatic heterocycles. The van der Waals surface area contributed by atoms with Crippen molar-refractivity contribution in [2.24, 2.45) is 5.73 Å². The van der Waals surface area contributed by atoms with E-state index in [0.717, 1.165) is 72.9 Å². The minimum atomic E-state index is -2.59. The van der Waals surface area contributed by atoms with Gasteiger partial charge in [0.15, 0.2) is 0 Å². The predicted octanol–water partition coefficient (Wildman–Crippen LogP) is 7.48. The highest BCUT2D eigenvalue weighted by molar-refractivity contribution is 14.1. The number of benzene rings is 2. The van der Waals surface area contributed by atoms with Gasteiger partial charge in [-0.2, -0.15) is 0 Å². The highest BCUT2D eigenvalue weighted by Crippen LogP contribution is 2.21. The topological polar surface area (TPSA) is 181 Å². The van der Waals surface area contributed by atoms with Gasteiger partial charge in [-0.15, -0.1) is 20.4 Å². The summed E-state index contributed by atoms with van der Waals surface area (Å²) >= 11 is 2.04. The molecule has 2 fully saturated rings.